The number of likely N-dealkylation sites (tertiary alicyclic amines) is 1. The lowest BCUT2D eigenvalue weighted by Gasteiger charge is -2.16. The number of esters is 1. The second kappa shape index (κ2) is 24.1. The molecule has 1 unspecified atom stereocenters. The second-order valence-electron chi connectivity index (χ2n) is 9.57. The third kappa shape index (κ3) is 18.0. The molecule has 4 nitrogen and oxygen atoms in total. The van der Waals surface area contributed by atoms with Crippen molar-refractivity contribution in [2.75, 3.05) is 19.7 Å². The highest BCUT2D eigenvalue weighted by Crippen LogP contribution is 2.20. The van der Waals surface area contributed by atoms with Gasteiger partial charge in [0.05, 0.1) is 12.5 Å². The molecule has 0 N–H and O–H groups in total. The van der Waals surface area contributed by atoms with E-state index in [0.717, 1.165) is 25.8 Å². The van der Waals surface area contributed by atoms with Gasteiger partial charge in [-0.25, -0.2) is 0 Å². The van der Waals surface area contributed by atoms with Crippen LogP contribution in [0.25, 0.3) is 0 Å². The molecule has 1 saturated heterocycles. The Morgan fingerprint density at radius 2 is 1.15 bits per heavy atom. The molecular weight excluding hydrogens is 410 g/mol. The number of hydrogen-bond acceptors (Lipinski definition) is 3. The van der Waals surface area contributed by atoms with Crippen LogP contribution in [0, 0.1) is 5.92 Å². The van der Waals surface area contributed by atoms with Crippen LogP contribution in [0.4, 0.5) is 0 Å². The number of carbonyl (C=O) groups is 2. The lowest BCUT2D eigenvalue weighted by Crippen LogP contribution is -2.27. The summed E-state index contributed by atoms with van der Waals surface area (Å²) in [5.74, 6) is -0.291. The molecule has 0 aromatic heterocycles. The molecule has 0 aliphatic carbocycles. The van der Waals surface area contributed by atoms with Crippen LogP contribution in [-0.4, -0.2) is 36.5 Å². The SMILES string of the molecule is CC.CCCCCCCCCCCCCCCCN1CC(C(=O)OCCCCCC)CC1=O. The summed E-state index contributed by atoms with van der Waals surface area (Å²) >= 11 is 0. The molecule has 1 aliphatic rings. The van der Waals surface area contributed by atoms with Crippen molar-refractivity contribution in [2.45, 2.75) is 150 Å². The maximum absolute atomic E-state index is 12.2. The van der Waals surface area contributed by atoms with Gasteiger partial charge in [0.25, 0.3) is 0 Å². The van der Waals surface area contributed by atoms with Crippen LogP contribution < -0.4 is 0 Å². The van der Waals surface area contributed by atoms with Gasteiger partial charge in [0, 0.05) is 19.5 Å². The normalized spacial score (nSPS) is 15.5. The molecule has 0 saturated carbocycles. The summed E-state index contributed by atoms with van der Waals surface area (Å²) < 4.78 is 5.38. The minimum atomic E-state index is -0.245. The van der Waals surface area contributed by atoms with Crippen LogP contribution in [0.2, 0.25) is 0 Å². The molecule has 1 aliphatic heterocycles. The van der Waals surface area contributed by atoms with Crippen LogP contribution in [-0.2, 0) is 14.3 Å². The first-order chi connectivity index (χ1) is 16.2. The van der Waals surface area contributed by atoms with Crippen molar-refractivity contribution in [1.29, 1.82) is 0 Å². The summed E-state index contributed by atoms with van der Waals surface area (Å²) in [6.07, 6.45) is 23.5. The van der Waals surface area contributed by atoms with E-state index in [1.807, 2.05) is 18.7 Å². The van der Waals surface area contributed by atoms with Crippen LogP contribution in [0.5, 0.6) is 0 Å². The van der Waals surface area contributed by atoms with Gasteiger partial charge in [0.15, 0.2) is 0 Å². The van der Waals surface area contributed by atoms with E-state index >= 15 is 0 Å². The van der Waals surface area contributed by atoms with Gasteiger partial charge >= 0.3 is 5.97 Å². The molecule has 4 heteroatoms. The third-order valence-corrected chi connectivity index (χ3v) is 6.57. The van der Waals surface area contributed by atoms with Crippen molar-refractivity contribution in [3.05, 3.63) is 0 Å². The number of carbonyl (C=O) groups excluding carboxylic acids is 2. The number of rotatable bonds is 21. The molecule has 0 aromatic rings. The standard InChI is InChI=1S/C27H51NO3.C2H6/c1-3-5-7-9-10-11-12-13-14-15-16-17-18-19-21-28-24-25(23-26(28)29)27(30)31-22-20-8-6-4-2;1-2/h25H,3-24H2,1-2H3;1-2H3. The molecule has 1 rings (SSSR count). The van der Waals surface area contributed by atoms with E-state index in [-0.39, 0.29) is 17.8 Å². The fraction of sp³-hybridized carbons (Fsp3) is 0.931. The molecule has 0 radical (unpaired) electrons. The monoisotopic (exact) mass is 467 g/mol. The minimum Gasteiger partial charge on any atom is -0.465 e. The van der Waals surface area contributed by atoms with Crippen LogP contribution in [0.15, 0.2) is 0 Å². The molecule has 33 heavy (non-hydrogen) atoms. The zero-order valence-electron chi connectivity index (χ0n) is 22.8. The summed E-state index contributed by atoms with van der Waals surface area (Å²) in [5.41, 5.74) is 0. The van der Waals surface area contributed by atoms with Crippen LogP contribution >= 0.6 is 0 Å². The minimum absolute atomic E-state index is 0.127. The van der Waals surface area contributed by atoms with E-state index in [1.54, 1.807) is 0 Å². The van der Waals surface area contributed by atoms with Crippen molar-refractivity contribution in [2.24, 2.45) is 5.92 Å². The molecule has 1 amide bonds. The maximum atomic E-state index is 12.2. The summed E-state index contributed by atoms with van der Waals surface area (Å²) in [5, 5.41) is 0. The fourth-order valence-corrected chi connectivity index (χ4v) is 4.46. The number of hydrogen-bond donors (Lipinski definition) is 0. The molecular formula is C29H57NO3. The lowest BCUT2D eigenvalue weighted by atomic mass is 10.0. The Morgan fingerprint density at radius 1 is 0.727 bits per heavy atom. The Kier molecular flexibility index (Phi) is 23.3. The highest BCUT2D eigenvalue weighted by Gasteiger charge is 2.34. The van der Waals surface area contributed by atoms with Crippen molar-refractivity contribution < 1.29 is 14.3 Å². The van der Waals surface area contributed by atoms with Crippen LogP contribution in [0.1, 0.15) is 150 Å². The third-order valence-electron chi connectivity index (χ3n) is 6.57. The Labute approximate surface area is 206 Å². The molecule has 1 atom stereocenters. The van der Waals surface area contributed by atoms with E-state index in [2.05, 4.69) is 13.8 Å². The highest BCUT2D eigenvalue weighted by molar-refractivity contribution is 5.86. The zero-order chi connectivity index (χ0) is 24.6. The first-order valence-corrected chi connectivity index (χ1v) is 14.6. The lowest BCUT2D eigenvalue weighted by molar-refractivity contribution is -0.148. The Balaban J connectivity index is 0.00000497. The largest absolute Gasteiger partial charge is 0.465 e. The molecule has 196 valence electrons. The summed E-state index contributed by atoms with van der Waals surface area (Å²) in [6.45, 7) is 10.3. The van der Waals surface area contributed by atoms with Crippen molar-refractivity contribution in [1.82, 2.24) is 4.90 Å². The second-order valence-corrected chi connectivity index (χ2v) is 9.57. The topological polar surface area (TPSA) is 46.6 Å². The Bertz CT molecular complexity index is 452. The summed E-state index contributed by atoms with van der Waals surface area (Å²) in [7, 11) is 0. The van der Waals surface area contributed by atoms with Gasteiger partial charge in [0.2, 0.25) is 5.91 Å². The predicted molar refractivity (Wildman–Crippen MR) is 141 cm³/mol. The van der Waals surface area contributed by atoms with Crippen molar-refractivity contribution >= 4 is 11.9 Å². The highest BCUT2D eigenvalue weighted by atomic mass is 16.5. The van der Waals surface area contributed by atoms with E-state index in [0.29, 0.717) is 19.6 Å². The number of nitrogens with zero attached hydrogens (tertiary/aromatic N) is 1. The molecule has 0 spiro atoms. The van der Waals surface area contributed by atoms with Gasteiger partial charge in [-0.2, -0.15) is 0 Å². The molecule has 0 bridgehead atoms. The van der Waals surface area contributed by atoms with Crippen molar-refractivity contribution in [3.8, 4) is 0 Å². The molecule has 1 fully saturated rings. The first kappa shape index (κ1) is 31.9. The quantitative estimate of drug-likeness (QED) is 0.126. The first-order valence-electron chi connectivity index (χ1n) is 14.6. The average molecular weight is 468 g/mol. The fourth-order valence-electron chi connectivity index (χ4n) is 4.46. The number of unbranched alkanes of at least 4 members (excludes halogenated alkanes) is 16. The van der Waals surface area contributed by atoms with Crippen molar-refractivity contribution in [3.63, 3.8) is 0 Å². The van der Waals surface area contributed by atoms with E-state index in [9.17, 15) is 9.59 Å². The van der Waals surface area contributed by atoms with Gasteiger partial charge in [-0.3, -0.25) is 9.59 Å². The van der Waals surface area contributed by atoms with E-state index in [4.69, 9.17) is 4.74 Å². The zero-order valence-corrected chi connectivity index (χ0v) is 22.8. The molecule has 0 aromatic carbocycles. The van der Waals surface area contributed by atoms with Gasteiger partial charge < -0.3 is 9.64 Å². The summed E-state index contributed by atoms with van der Waals surface area (Å²) in [4.78, 5) is 26.2. The van der Waals surface area contributed by atoms with Crippen LogP contribution in [0.3, 0.4) is 0 Å². The average Bonchev–Trinajstić information content (AvgIpc) is 3.21. The maximum Gasteiger partial charge on any atom is 0.311 e. The van der Waals surface area contributed by atoms with E-state index < -0.39 is 0 Å². The predicted octanol–water partition coefficient (Wildman–Crippen LogP) is 8.47. The smallest absolute Gasteiger partial charge is 0.311 e. The van der Waals surface area contributed by atoms with E-state index in [1.165, 1.54) is 96.3 Å². The van der Waals surface area contributed by atoms with Gasteiger partial charge in [0.1, 0.15) is 0 Å². The van der Waals surface area contributed by atoms with Gasteiger partial charge in [-0.05, 0) is 12.8 Å². The molecule has 1 heterocycles. The number of amides is 1. The summed E-state index contributed by atoms with van der Waals surface area (Å²) in [6, 6.07) is 0. The number of ether oxygens (including phenoxy) is 1. The van der Waals surface area contributed by atoms with Gasteiger partial charge in [-0.15, -0.1) is 0 Å². The van der Waals surface area contributed by atoms with Gasteiger partial charge in [-0.1, -0.05) is 130 Å². The Hall–Kier alpha value is -1.06. The Morgan fingerprint density at radius 3 is 1.64 bits per heavy atom.